The van der Waals surface area contributed by atoms with Crippen LogP contribution in [0.1, 0.15) is 357 Å². The fourth-order valence-electron chi connectivity index (χ4n) is 10.7. The Morgan fingerprint density at radius 2 is 0.567 bits per heavy atom. The molecule has 19 heteroatoms. The molecule has 0 heterocycles. The van der Waals surface area contributed by atoms with E-state index in [0.717, 1.165) is 114 Å². The lowest BCUT2D eigenvalue weighted by molar-refractivity contribution is -0.161. The molecule has 0 spiro atoms. The van der Waals surface area contributed by atoms with Crippen LogP contribution in [-0.2, 0) is 65.4 Å². The number of unbranched alkanes of at least 4 members (excludes halogenated alkanes) is 36. The van der Waals surface area contributed by atoms with Crippen molar-refractivity contribution in [2.24, 2.45) is 17.8 Å². The summed E-state index contributed by atoms with van der Waals surface area (Å²) >= 11 is 0. The van der Waals surface area contributed by atoms with Gasteiger partial charge in [-0.05, 0) is 43.4 Å². The van der Waals surface area contributed by atoms with E-state index in [2.05, 4.69) is 48.5 Å². The predicted molar refractivity (Wildman–Crippen MR) is 363 cm³/mol. The molecule has 0 saturated heterocycles. The van der Waals surface area contributed by atoms with E-state index in [-0.39, 0.29) is 25.7 Å². The molecular formula is C71H138O17P2. The minimum Gasteiger partial charge on any atom is -0.462 e. The Morgan fingerprint density at radius 1 is 0.322 bits per heavy atom. The Balaban J connectivity index is 5.22. The lowest BCUT2D eigenvalue weighted by atomic mass is 9.99. The van der Waals surface area contributed by atoms with E-state index in [1.54, 1.807) is 0 Å². The Morgan fingerprint density at radius 3 is 0.844 bits per heavy atom. The molecule has 0 bridgehead atoms. The summed E-state index contributed by atoms with van der Waals surface area (Å²) in [5, 5.41) is 10.6. The van der Waals surface area contributed by atoms with Crippen LogP contribution in [0.4, 0.5) is 0 Å². The summed E-state index contributed by atoms with van der Waals surface area (Å²) in [5.74, 6) is 0.194. The van der Waals surface area contributed by atoms with Crippen molar-refractivity contribution in [1.82, 2.24) is 0 Å². The van der Waals surface area contributed by atoms with Crippen molar-refractivity contribution in [2.45, 2.75) is 375 Å². The topological polar surface area (TPSA) is 237 Å². The highest BCUT2D eigenvalue weighted by Gasteiger charge is 2.30. The number of carbonyl (C=O) groups excluding carboxylic acids is 4. The zero-order valence-corrected chi connectivity index (χ0v) is 60.4. The first kappa shape index (κ1) is 88.1. The van der Waals surface area contributed by atoms with Crippen molar-refractivity contribution < 1.29 is 80.2 Å². The molecule has 3 unspecified atom stereocenters. The first-order valence-electron chi connectivity index (χ1n) is 36.9. The fraction of sp³-hybridized carbons (Fsp3) is 0.944. The highest BCUT2D eigenvalue weighted by atomic mass is 31.2. The van der Waals surface area contributed by atoms with Crippen molar-refractivity contribution in [3.05, 3.63) is 0 Å². The standard InChI is InChI=1S/C71H138O17P2/c1-8-10-11-12-13-31-38-45-52-68(73)81-58-66(88-71(76)55-48-41-34-27-26-29-36-43-50-63(5)6)60-85-89(77,78)83-56-65(72)57-84-90(79,80)86-61-67(59-82-69(74)53-46-39-32-24-21-20-22-28-35-42-49-62(3)4)87-70(75)54-47-40-33-25-19-17-15-14-16-18-23-30-37-44-51-64(7)9-2/h62-67,72H,8-61H2,1-7H3,(H,77,78)(H,79,80)/t64?,65-,66+,67+/m0/s1. The molecule has 0 saturated carbocycles. The number of esters is 4. The molecule has 0 aliphatic rings. The van der Waals surface area contributed by atoms with Gasteiger partial charge in [0.25, 0.3) is 0 Å². The van der Waals surface area contributed by atoms with Gasteiger partial charge in [0.15, 0.2) is 12.2 Å². The SMILES string of the molecule is CCCCCCCCCCC(=O)OC[C@H](COP(=O)(O)OC[C@H](O)COP(=O)(O)OC[C@@H](COC(=O)CCCCCCCCCCCCC(C)C)OC(=O)CCCCCCCCCCCCCCCCC(C)CC)OC(=O)CCCCCCCCCCC(C)C. The minimum absolute atomic E-state index is 0.104. The van der Waals surface area contributed by atoms with Crippen LogP contribution >= 0.6 is 15.6 Å². The van der Waals surface area contributed by atoms with Gasteiger partial charge in [-0.1, -0.05) is 305 Å². The van der Waals surface area contributed by atoms with Crippen molar-refractivity contribution in [3.8, 4) is 0 Å². The smallest absolute Gasteiger partial charge is 0.462 e. The number of phosphoric ester groups is 2. The van der Waals surface area contributed by atoms with E-state index < -0.39 is 97.5 Å². The number of aliphatic hydroxyl groups excluding tert-OH is 1. The summed E-state index contributed by atoms with van der Waals surface area (Å²) in [5.41, 5.74) is 0. The fourth-order valence-corrected chi connectivity index (χ4v) is 12.3. The van der Waals surface area contributed by atoms with Gasteiger partial charge < -0.3 is 33.8 Å². The number of hydrogen-bond donors (Lipinski definition) is 3. The number of hydrogen-bond acceptors (Lipinski definition) is 15. The van der Waals surface area contributed by atoms with Crippen LogP contribution in [-0.4, -0.2) is 96.7 Å². The van der Waals surface area contributed by atoms with E-state index >= 15 is 0 Å². The van der Waals surface area contributed by atoms with Crippen LogP contribution in [0.2, 0.25) is 0 Å². The molecule has 3 N–H and O–H groups in total. The van der Waals surface area contributed by atoms with Gasteiger partial charge in [0.2, 0.25) is 0 Å². The van der Waals surface area contributed by atoms with Gasteiger partial charge in [-0.15, -0.1) is 0 Å². The van der Waals surface area contributed by atoms with E-state index in [4.69, 9.17) is 37.0 Å². The second kappa shape index (κ2) is 61.9. The molecule has 0 aliphatic carbocycles. The Hall–Kier alpha value is -1.94. The molecule has 17 nitrogen and oxygen atoms in total. The second-order valence-electron chi connectivity index (χ2n) is 26.8. The average Bonchev–Trinajstić information content (AvgIpc) is 3.14. The summed E-state index contributed by atoms with van der Waals surface area (Å²) < 4.78 is 68.2. The maximum Gasteiger partial charge on any atom is 0.472 e. The van der Waals surface area contributed by atoms with E-state index in [9.17, 15) is 43.2 Å². The third kappa shape index (κ3) is 63.5. The van der Waals surface area contributed by atoms with Gasteiger partial charge in [-0.3, -0.25) is 37.3 Å². The van der Waals surface area contributed by atoms with Gasteiger partial charge in [0.05, 0.1) is 26.4 Å². The molecular weight excluding hydrogens is 1190 g/mol. The third-order valence-corrected chi connectivity index (χ3v) is 18.6. The lowest BCUT2D eigenvalue weighted by Gasteiger charge is -2.21. The van der Waals surface area contributed by atoms with Crippen molar-refractivity contribution in [3.63, 3.8) is 0 Å². The van der Waals surface area contributed by atoms with Crippen LogP contribution in [0.5, 0.6) is 0 Å². The molecule has 534 valence electrons. The first-order chi connectivity index (χ1) is 43.3. The highest BCUT2D eigenvalue weighted by Crippen LogP contribution is 2.45. The molecule has 90 heavy (non-hydrogen) atoms. The third-order valence-electron chi connectivity index (χ3n) is 16.7. The minimum atomic E-state index is -4.95. The summed E-state index contributed by atoms with van der Waals surface area (Å²) in [4.78, 5) is 72.5. The van der Waals surface area contributed by atoms with Crippen LogP contribution in [0.3, 0.4) is 0 Å². The van der Waals surface area contributed by atoms with Crippen LogP contribution in [0.15, 0.2) is 0 Å². The van der Waals surface area contributed by atoms with Crippen molar-refractivity contribution in [2.75, 3.05) is 39.6 Å². The van der Waals surface area contributed by atoms with Gasteiger partial charge in [-0.2, -0.15) is 0 Å². The normalized spacial score (nSPS) is 14.5. The van der Waals surface area contributed by atoms with Crippen molar-refractivity contribution in [1.29, 1.82) is 0 Å². The summed E-state index contributed by atoms with van der Waals surface area (Å²) in [7, 11) is -9.90. The number of rotatable bonds is 69. The number of ether oxygens (including phenoxy) is 4. The lowest BCUT2D eigenvalue weighted by Crippen LogP contribution is -2.30. The molecule has 0 rings (SSSR count). The highest BCUT2D eigenvalue weighted by molar-refractivity contribution is 7.47. The van der Waals surface area contributed by atoms with E-state index in [1.807, 2.05) is 0 Å². The quantitative estimate of drug-likeness (QED) is 0.0222. The van der Waals surface area contributed by atoms with Gasteiger partial charge in [-0.25, -0.2) is 9.13 Å². The number of carbonyl (C=O) groups is 4. The number of aliphatic hydroxyl groups is 1. The van der Waals surface area contributed by atoms with Crippen molar-refractivity contribution >= 4 is 39.5 Å². The molecule has 6 atom stereocenters. The van der Waals surface area contributed by atoms with Gasteiger partial charge in [0.1, 0.15) is 19.3 Å². The zero-order valence-electron chi connectivity index (χ0n) is 58.6. The Labute approximate surface area is 549 Å². The molecule has 0 aromatic rings. The molecule has 0 radical (unpaired) electrons. The molecule has 0 aliphatic heterocycles. The Bertz CT molecular complexity index is 1770. The maximum atomic E-state index is 13.0. The van der Waals surface area contributed by atoms with Crippen LogP contribution < -0.4 is 0 Å². The monoisotopic (exact) mass is 1320 g/mol. The maximum absolute atomic E-state index is 13.0. The molecule has 0 fully saturated rings. The molecule has 0 amide bonds. The zero-order chi connectivity index (χ0) is 66.6. The Kier molecular flexibility index (Phi) is 60.6. The first-order valence-corrected chi connectivity index (χ1v) is 39.9. The van der Waals surface area contributed by atoms with Crippen LogP contribution in [0, 0.1) is 17.8 Å². The molecule has 0 aromatic heterocycles. The second-order valence-corrected chi connectivity index (χ2v) is 29.7. The van der Waals surface area contributed by atoms with Gasteiger partial charge in [0, 0.05) is 25.7 Å². The largest absolute Gasteiger partial charge is 0.472 e. The molecule has 0 aromatic carbocycles. The summed E-state index contributed by atoms with van der Waals surface area (Å²) in [6, 6.07) is 0. The van der Waals surface area contributed by atoms with E-state index in [1.165, 1.54) is 161 Å². The number of phosphoric acid groups is 2. The van der Waals surface area contributed by atoms with Gasteiger partial charge >= 0.3 is 39.5 Å². The summed E-state index contributed by atoms with van der Waals surface area (Å²) in [6.45, 7) is 11.8. The van der Waals surface area contributed by atoms with E-state index in [0.29, 0.717) is 25.7 Å². The van der Waals surface area contributed by atoms with Crippen LogP contribution in [0.25, 0.3) is 0 Å². The summed E-state index contributed by atoms with van der Waals surface area (Å²) in [6.07, 6.45) is 45.8. The average molecular weight is 1330 g/mol. The predicted octanol–water partition coefficient (Wildman–Crippen LogP) is 20.2.